The second kappa shape index (κ2) is 13.9. The Morgan fingerprint density at radius 2 is 1.50 bits per heavy atom. The van der Waals surface area contributed by atoms with E-state index in [1.165, 1.54) is 13.8 Å². The van der Waals surface area contributed by atoms with Crippen LogP contribution in [-0.2, 0) is 19.2 Å². The van der Waals surface area contributed by atoms with E-state index in [9.17, 15) is 29.4 Å². The van der Waals surface area contributed by atoms with Gasteiger partial charge in [0.2, 0.25) is 17.7 Å². The van der Waals surface area contributed by atoms with Gasteiger partial charge < -0.3 is 37.6 Å². The Kier molecular flexibility index (Phi) is 12.8. The van der Waals surface area contributed by atoms with Gasteiger partial charge in [-0.2, -0.15) is 0 Å². The maximum atomic E-state index is 12.5. The molecular formula is C19H37N5O6. The minimum Gasteiger partial charge on any atom is -0.480 e. The molecule has 5 unspecified atom stereocenters. The molecule has 30 heavy (non-hydrogen) atoms. The highest BCUT2D eigenvalue weighted by molar-refractivity contribution is 5.94. The van der Waals surface area contributed by atoms with Crippen molar-refractivity contribution in [3.8, 4) is 0 Å². The molecule has 0 bridgehead atoms. The van der Waals surface area contributed by atoms with E-state index in [0.717, 1.165) is 0 Å². The first kappa shape index (κ1) is 27.8. The summed E-state index contributed by atoms with van der Waals surface area (Å²) in [5.41, 5.74) is 11.2. The van der Waals surface area contributed by atoms with Gasteiger partial charge in [0.1, 0.15) is 18.1 Å². The van der Waals surface area contributed by atoms with Crippen molar-refractivity contribution in [1.82, 2.24) is 16.0 Å². The lowest BCUT2D eigenvalue weighted by Gasteiger charge is -2.25. The van der Waals surface area contributed by atoms with Crippen molar-refractivity contribution >= 4 is 23.7 Å². The van der Waals surface area contributed by atoms with Crippen LogP contribution in [0.2, 0.25) is 0 Å². The Hall–Kier alpha value is -2.24. The lowest BCUT2D eigenvalue weighted by molar-refractivity contribution is -0.142. The number of carboxylic acid groups (broad SMARTS) is 1. The first-order chi connectivity index (χ1) is 13.9. The second-order valence-electron chi connectivity index (χ2n) is 7.88. The lowest BCUT2D eigenvalue weighted by atomic mass is 10.0. The van der Waals surface area contributed by atoms with Gasteiger partial charge in [0.15, 0.2) is 0 Å². The third-order valence-corrected chi connectivity index (χ3v) is 4.44. The standard InChI is InChI=1S/C19H37N5O6/c1-10(2)9-14(19(29)30)23-16(26)11(3)22-18(28)15(12(4)25)24-17(27)13(21)7-5-6-8-20/h10-15,25H,5-9,20-21H2,1-4H3,(H,22,28)(H,23,26)(H,24,27)(H,29,30). The highest BCUT2D eigenvalue weighted by atomic mass is 16.4. The molecule has 174 valence electrons. The van der Waals surface area contributed by atoms with Crippen molar-refractivity contribution in [2.75, 3.05) is 6.54 Å². The summed E-state index contributed by atoms with van der Waals surface area (Å²) in [5, 5.41) is 26.3. The Bertz CT molecular complexity index is 584. The van der Waals surface area contributed by atoms with E-state index in [2.05, 4.69) is 16.0 Å². The normalized spacial score (nSPS) is 16.1. The minimum absolute atomic E-state index is 0.0418. The first-order valence-corrected chi connectivity index (χ1v) is 10.2. The topological polar surface area (TPSA) is 197 Å². The maximum Gasteiger partial charge on any atom is 0.326 e. The molecule has 0 rings (SSSR count). The van der Waals surface area contributed by atoms with E-state index in [4.69, 9.17) is 11.5 Å². The molecule has 0 aromatic rings. The van der Waals surface area contributed by atoms with Crippen molar-refractivity contribution in [3.63, 3.8) is 0 Å². The van der Waals surface area contributed by atoms with Crippen LogP contribution in [0.3, 0.4) is 0 Å². The van der Waals surface area contributed by atoms with E-state index in [1.807, 2.05) is 13.8 Å². The van der Waals surface area contributed by atoms with Crippen molar-refractivity contribution in [3.05, 3.63) is 0 Å². The maximum absolute atomic E-state index is 12.5. The van der Waals surface area contributed by atoms with Crippen LogP contribution in [0.15, 0.2) is 0 Å². The molecule has 0 aromatic carbocycles. The number of hydrogen-bond donors (Lipinski definition) is 7. The summed E-state index contributed by atoms with van der Waals surface area (Å²) in [5.74, 6) is -3.21. The molecule has 3 amide bonds. The number of nitrogens with one attached hydrogen (secondary N) is 3. The molecule has 11 nitrogen and oxygen atoms in total. The molecule has 0 aromatic heterocycles. The van der Waals surface area contributed by atoms with Crippen LogP contribution in [0.4, 0.5) is 0 Å². The molecule has 0 heterocycles. The predicted molar refractivity (Wildman–Crippen MR) is 111 cm³/mol. The highest BCUT2D eigenvalue weighted by Crippen LogP contribution is 2.06. The smallest absolute Gasteiger partial charge is 0.326 e. The van der Waals surface area contributed by atoms with Gasteiger partial charge in [-0.15, -0.1) is 0 Å². The van der Waals surface area contributed by atoms with E-state index in [-0.39, 0.29) is 12.3 Å². The quantitative estimate of drug-likeness (QED) is 0.160. The number of aliphatic hydroxyl groups excluding tert-OH is 1. The minimum atomic E-state index is -1.32. The fourth-order valence-corrected chi connectivity index (χ4v) is 2.66. The molecule has 0 aliphatic carbocycles. The van der Waals surface area contributed by atoms with Gasteiger partial charge in [0.05, 0.1) is 12.1 Å². The SMILES string of the molecule is CC(C)CC(NC(=O)C(C)NC(=O)C(NC(=O)C(N)CCCCN)C(C)O)C(=O)O. The Labute approximate surface area is 177 Å². The van der Waals surface area contributed by atoms with Crippen LogP contribution in [0.5, 0.6) is 0 Å². The number of rotatable bonds is 14. The molecule has 5 atom stereocenters. The van der Waals surface area contributed by atoms with Gasteiger partial charge >= 0.3 is 5.97 Å². The number of carbonyl (C=O) groups is 4. The fourth-order valence-electron chi connectivity index (χ4n) is 2.66. The van der Waals surface area contributed by atoms with Gasteiger partial charge in [0, 0.05) is 0 Å². The number of carbonyl (C=O) groups excluding carboxylic acids is 3. The van der Waals surface area contributed by atoms with E-state index < -0.39 is 54.0 Å². The van der Waals surface area contributed by atoms with Crippen molar-refractivity contribution in [2.24, 2.45) is 17.4 Å². The van der Waals surface area contributed by atoms with Gasteiger partial charge in [-0.25, -0.2) is 4.79 Å². The molecular weight excluding hydrogens is 394 g/mol. The van der Waals surface area contributed by atoms with Crippen molar-refractivity contribution in [1.29, 1.82) is 0 Å². The molecule has 0 spiro atoms. The van der Waals surface area contributed by atoms with E-state index in [0.29, 0.717) is 25.8 Å². The third-order valence-electron chi connectivity index (χ3n) is 4.44. The Balaban J connectivity index is 4.90. The molecule has 0 saturated heterocycles. The Morgan fingerprint density at radius 3 is 1.97 bits per heavy atom. The summed E-state index contributed by atoms with van der Waals surface area (Å²) in [4.78, 5) is 48.2. The van der Waals surface area contributed by atoms with Crippen LogP contribution < -0.4 is 27.4 Å². The molecule has 9 N–H and O–H groups in total. The molecule has 0 aliphatic rings. The van der Waals surface area contributed by atoms with Gasteiger partial charge in [0.25, 0.3) is 0 Å². The summed E-state index contributed by atoms with van der Waals surface area (Å²) in [6.07, 6.45) is 0.725. The largest absolute Gasteiger partial charge is 0.480 e. The van der Waals surface area contributed by atoms with Crippen molar-refractivity contribution < 1.29 is 29.4 Å². The molecule has 0 radical (unpaired) electrons. The molecule has 0 fully saturated rings. The van der Waals surface area contributed by atoms with E-state index >= 15 is 0 Å². The number of aliphatic carboxylic acids is 1. The fraction of sp³-hybridized carbons (Fsp3) is 0.789. The zero-order valence-electron chi connectivity index (χ0n) is 18.2. The number of aliphatic hydroxyl groups is 1. The second-order valence-corrected chi connectivity index (χ2v) is 7.88. The number of carboxylic acids is 1. The van der Waals surface area contributed by atoms with E-state index in [1.54, 1.807) is 0 Å². The zero-order valence-corrected chi connectivity index (χ0v) is 18.2. The molecule has 0 saturated carbocycles. The summed E-state index contributed by atoms with van der Waals surface area (Å²) in [6, 6.07) is -4.35. The number of hydrogen-bond acceptors (Lipinski definition) is 7. The summed E-state index contributed by atoms with van der Waals surface area (Å²) in [7, 11) is 0. The van der Waals surface area contributed by atoms with Crippen LogP contribution in [0, 0.1) is 5.92 Å². The van der Waals surface area contributed by atoms with Crippen LogP contribution in [0.25, 0.3) is 0 Å². The van der Waals surface area contributed by atoms with Gasteiger partial charge in [-0.3, -0.25) is 14.4 Å². The molecule has 11 heteroatoms. The predicted octanol–water partition coefficient (Wildman–Crippen LogP) is -1.57. The van der Waals surface area contributed by atoms with Crippen molar-refractivity contribution in [2.45, 2.75) is 83.6 Å². The average molecular weight is 432 g/mol. The summed E-state index contributed by atoms with van der Waals surface area (Å²) in [6.45, 7) is 6.82. The third kappa shape index (κ3) is 10.5. The Morgan fingerprint density at radius 1 is 0.900 bits per heavy atom. The first-order valence-electron chi connectivity index (χ1n) is 10.2. The monoisotopic (exact) mass is 431 g/mol. The average Bonchev–Trinajstić information content (AvgIpc) is 2.64. The summed E-state index contributed by atoms with van der Waals surface area (Å²) < 4.78 is 0. The summed E-state index contributed by atoms with van der Waals surface area (Å²) >= 11 is 0. The number of unbranched alkanes of at least 4 members (excludes halogenated alkanes) is 1. The van der Waals surface area contributed by atoms with Crippen LogP contribution in [0.1, 0.15) is 53.4 Å². The zero-order chi connectivity index (χ0) is 23.4. The van der Waals surface area contributed by atoms with Gasteiger partial charge in [-0.1, -0.05) is 20.3 Å². The highest BCUT2D eigenvalue weighted by Gasteiger charge is 2.30. The van der Waals surface area contributed by atoms with Gasteiger partial charge in [-0.05, 0) is 45.6 Å². The van der Waals surface area contributed by atoms with Crippen LogP contribution in [-0.4, -0.2) is 70.7 Å². The number of nitrogens with two attached hydrogens (primary N) is 2. The number of amides is 3. The lowest BCUT2D eigenvalue weighted by Crippen LogP contribution is -2.59. The molecule has 0 aliphatic heterocycles. The van der Waals surface area contributed by atoms with Crippen LogP contribution >= 0.6 is 0 Å².